The number of hydrogen-bond acceptors (Lipinski definition) is 4. The third-order valence-electron chi connectivity index (χ3n) is 5.67. The maximum atomic E-state index is 12.9. The monoisotopic (exact) mass is 426 g/mol. The van der Waals surface area contributed by atoms with Gasteiger partial charge < -0.3 is 19.9 Å². The van der Waals surface area contributed by atoms with Gasteiger partial charge in [-0.3, -0.25) is 9.59 Å². The number of rotatable bonds is 5. The normalized spacial score (nSPS) is 18.1. The lowest BCUT2D eigenvalue weighted by atomic mass is 10.1. The van der Waals surface area contributed by atoms with Crippen molar-refractivity contribution in [1.29, 1.82) is 0 Å². The van der Waals surface area contributed by atoms with E-state index in [4.69, 9.17) is 0 Å². The summed E-state index contributed by atoms with van der Waals surface area (Å²) >= 11 is 0. The Bertz CT molecular complexity index is 1200. The standard InChI is InChI=1S/C22H20F2N4O3/c1-11-10-25-21(30)17-8-14-5-7-16(26-19(14)28(11)17)20(29)27-15-6-4-13(12-2-3-12)9-18(15)31-22(23)24/h4-9,11-12,22H,2-3,10H2,1H3,(H,25,30)(H,27,29)/t11-/m1/s1. The van der Waals surface area contributed by atoms with E-state index in [0.717, 1.165) is 23.8 Å². The average molecular weight is 426 g/mol. The molecule has 1 saturated carbocycles. The second kappa shape index (κ2) is 7.33. The lowest BCUT2D eigenvalue weighted by Crippen LogP contribution is -2.37. The highest BCUT2D eigenvalue weighted by molar-refractivity contribution is 6.05. The van der Waals surface area contributed by atoms with E-state index in [1.807, 2.05) is 13.0 Å². The van der Waals surface area contributed by atoms with Crippen molar-refractivity contribution in [3.63, 3.8) is 0 Å². The van der Waals surface area contributed by atoms with Gasteiger partial charge in [-0.1, -0.05) is 6.07 Å². The van der Waals surface area contributed by atoms with Crippen molar-refractivity contribution in [2.45, 2.75) is 38.3 Å². The highest BCUT2D eigenvalue weighted by Gasteiger charge is 2.27. The summed E-state index contributed by atoms with van der Waals surface area (Å²) in [7, 11) is 0. The largest absolute Gasteiger partial charge is 0.433 e. The average Bonchev–Trinajstić information content (AvgIpc) is 3.51. The fourth-order valence-corrected chi connectivity index (χ4v) is 3.96. The van der Waals surface area contributed by atoms with Crippen LogP contribution < -0.4 is 15.4 Å². The Morgan fingerprint density at radius 1 is 1.26 bits per heavy atom. The van der Waals surface area contributed by atoms with Crippen LogP contribution in [0.25, 0.3) is 11.0 Å². The van der Waals surface area contributed by atoms with Crippen LogP contribution in [0, 0.1) is 0 Å². The second-order valence-corrected chi connectivity index (χ2v) is 7.93. The number of carbonyl (C=O) groups excluding carboxylic acids is 2. The highest BCUT2D eigenvalue weighted by Crippen LogP contribution is 2.42. The summed E-state index contributed by atoms with van der Waals surface area (Å²) in [6.07, 6.45) is 2.03. The van der Waals surface area contributed by atoms with Gasteiger partial charge in [-0.15, -0.1) is 0 Å². The predicted molar refractivity (Wildman–Crippen MR) is 110 cm³/mol. The van der Waals surface area contributed by atoms with Crippen LogP contribution in [0.5, 0.6) is 5.75 Å². The van der Waals surface area contributed by atoms with Crippen LogP contribution >= 0.6 is 0 Å². The van der Waals surface area contributed by atoms with Gasteiger partial charge in [0.05, 0.1) is 11.7 Å². The summed E-state index contributed by atoms with van der Waals surface area (Å²) in [5.74, 6) is -0.455. The van der Waals surface area contributed by atoms with Gasteiger partial charge in [0.25, 0.3) is 11.8 Å². The van der Waals surface area contributed by atoms with Crippen LogP contribution in [0.1, 0.15) is 58.3 Å². The third-order valence-corrected chi connectivity index (χ3v) is 5.67. The Balaban J connectivity index is 1.47. The molecule has 2 N–H and O–H groups in total. The number of carbonyl (C=O) groups is 2. The number of alkyl halides is 2. The highest BCUT2D eigenvalue weighted by atomic mass is 19.3. The van der Waals surface area contributed by atoms with Crippen LogP contribution in [-0.4, -0.2) is 34.5 Å². The first-order valence-corrected chi connectivity index (χ1v) is 10.1. The molecular weight excluding hydrogens is 406 g/mol. The van der Waals surface area contributed by atoms with Gasteiger partial charge in [0.2, 0.25) is 0 Å². The van der Waals surface area contributed by atoms with Gasteiger partial charge in [0.1, 0.15) is 22.8 Å². The number of nitrogens with zero attached hydrogens (tertiary/aromatic N) is 2. The molecule has 160 valence electrons. The summed E-state index contributed by atoms with van der Waals surface area (Å²) in [6.45, 7) is -0.582. The summed E-state index contributed by atoms with van der Waals surface area (Å²) in [5.41, 5.74) is 2.20. The molecule has 2 aromatic heterocycles. The first kappa shape index (κ1) is 19.5. The molecule has 9 heteroatoms. The Morgan fingerprint density at radius 3 is 2.81 bits per heavy atom. The summed E-state index contributed by atoms with van der Waals surface area (Å²) in [6, 6.07) is 9.92. The molecule has 1 aromatic carbocycles. The zero-order chi connectivity index (χ0) is 21.7. The molecule has 1 aliphatic carbocycles. The van der Waals surface area contributed by atoms with E-state index < -0.39 is 12.5 Å². The van der Waals surface area contributed by atoms with Gasteiger partial charge in [0.15, 0.2) is 0 Å². The number of aromatic nitrogens is 2. The lowest BCUT2D eigenvalue weighted by molar-refractivity contribution is -0.0494. The smallest absolute Gasteiger partial charge is 0.387 e. The summed E-state index contributed by atoms with van der Waals surface area (Å²) in [4.78, 5) is 29.5. The molecule has 0 unspecified atom stereocenters. The Kier molecular flexibility index (Phi) is 4.60. The number of amides is 2. The van der Waals surface area contributed by atoms with Crippen LogP contribution in [0.15, 0.2) is 36.4 Å². The molecule has 3 heterocycles. The molecule has 3 aromatic rings. The number of halogens is 2. The van der Waals surface area contributed by atoms with Crippen molar-refractivity contribution in [3.8, 4) is 5.75 Å². The summed E-state index contributed by atoms with van der Waals surface area (Å²) in [5, 5.41) is 6.18. The number of fused-ring (bicyclic) bond motifs is 3. The molecule has 2 amide bonds. The minimum absolute atomic E-state index is 0.0166. The molecule has 2 aliphatic rings. The number of ether oxygens (including phenoxy) is 1. The van der Waals surface area contributed by atoms with Crippen molar-refractivity contribution in [2.75, 3.05) is 11.9 Å². The van der Waals surface area contributed by atoms with Crippen LogP contribution in [0.3, 0.4) is 0 Å². The number of benzene rings is 1. The number of hydrogen-bond donors (Lipinski definition) is 2. The number of pyridine rings is 1. The fourth-order valence-electron chi connectivity index (χ4n) is 3.96. The molecule has 5 rings (SSSR count). The number of anilines is 1. The first-order valence-electron chi connectivity index (χ1n) is 10.1. The van der Waals surface area contributed by atoms with Crippen molar-refractivity contribution in [3.05, 3.63) is 53.3 Å². The van der Waals surface area contributed by atoms with E-state index >= 15 is 0 Å². The Morgan fingerprint density at radius 2 is 2.06 bits per heavy atom. The van der Waals surface area contributed by atoms with Crippen molar-refractivity contribution in [2.24, 2.45) is 0 Å². The molecule has 7 nitrogen and oxygen atoms in total. The topological polar surface area (TPSA) is 85.2 Å². The van der Waals surface area contributed by atoms with Crippen LogP contribution in [0.4, 0.5) is 14.5 Å². The second-order valence-electron chi connectivity index (χ2n) is 7.93. The maximum Gasteiger partial charge on any atom is 0.387 e. The van der Waals surface area contributed by atoms with E-state index in [1.54, 1.807) is 34.9 Å². The molecule has 0 saturated heterocycles. The van der Waals surface area contributed by atoms with E-state index in [-0.39, 0.29) is 29.1 Å². The van der Waals surface area contributed by atoms with Gasteiger partial charge in [-0.05, 0) is 61.6 Å². The molecule has 1 atom stereocenters. The molecule has 0 spiro atoms. The first-order chi connectivity index (χ1) is 14.9. The van der Waals surface area contributed by atoms with Crippen molar-refractivity contribution in [1.82, 2.24) is 14.9 Å². The van der Waals surface area contributed by atoms with E-state index in [1.165, 1.54) is 0 Å². The fraction of sp³-hybridized carbons (Fsp3) is 0.318. The summed E-state index contributed by atoms with van der Waals surface area (Å²) < 4.78 is 32.2. The van der Waals surface area contributed by atoms with Crippen LogP contribution in [0.2, 0.25) is 0 Å². The molecule has 31 heavy (non-hydrogen) atoms. The zero-order valence-electron chi connectivity index (χ0n) is 16.7. The zero-order valence-corrected chi connectivity index (χ0v) is 16.7. The molecule has 0 radical (unpaired) electrons. The van der Waals surface area contributed by atoms with E-state index in [0.29, 0.717) is 23.8 Å². The molecular formula is C22H20F2N4O3. The van der Waals surface area contributed by atoms with Crippen molar-refractivity contribution < 1.29 is 23.1 Å². The third kappa shape index (κ3) is 3.60. The van der Waals surface area contributed by atoms with E-state index in [2.05, 4.69) is 20.4 Å². The van der Waals surface area contributed by atoms with E-state index in [9.17, 15) is 18.4 Å². The quantitative estimate of drug-likeness (QED) is 0.644. The molecule has 0 bridgehead atoms. The minimum Gasteiger partial charge on any atom is -0.433 e. The molecule has 1 aliphatic heterocycles. The van der Waals surface area contributed by atoms with Gasteiger partial charge >= 0.3 is 6.61 Å². The predicted octanol–water partition coefficient (Wildman–Crippen LogP) is 4.07. The Labute approximate surface area is 176 Å². The lowest BCUT2D eigenvalue weighted by Gasteiger charge is -2.23. The van der Waals surface area contributed by atoms with Gasteiger partial charge in [-0.25, -0.2) is 4.98 Å². The Hall–Kier alpha value is -3.49. The minimum atomic E-state index is -3.00. The molecule has 1 fully saturated rings. The van der Waals surface area contributed by atoms with Gasteiger partial charge in [0, 0.05) is 11.9 Å². The SMILES string of the molecule is C[C@@H]1CNC(=O)c2cc3ccc(C(=O)Nc4ccc(C5CC5)cc4OC(F)F)nc3n21. The van der Waals surface area contributed by atoms with Gasteiger partial charge in [-0.2, -0.15) is 8.78 Å². The van der Waals surface area contributed by atoms with Crippen molar-refractivity contribution >= 4 is 28.5 Å². The maximum absolute atomic E-state index is 12.9. The van der Waals surface area contributed by atoms with Crippen LogP contribution in [-0.2, 0) is 0 Å². The number of nitrogens with one attached hydrogen (secondary N) is 2.